The SMILES string of the molecule is COc1ccc(NC(N)=S)c(S(=O)(=O)O)c1. The molecule has 0 heterocycles. The van der Waals surface area contributed by atoms with Crippen LogP contribution in [-0.2, 0) is 10.1 Å². The predicted octanol–water partition coefficient (Wildman–Crippen LogP) is 0.597. The smallest absolute Gasteiger partial charge is 0.296 e. The van der Waals surface area contributed by atoms with Gasteiger partial charge < -0.3 is 15.8 Å². The minimum atomic E-state index is -4.37. The molecular formula is C8H10N2O4S2. The fourth-order valence-electron chi connectivity index (χ4n) is 1.08. The Labute approximate surface area is 98.2 Å². The van der Waals surface area contributed by atoms with E-state index >= 15 is 0 Å². The molecule has 1 aromatic rings. The van der Waals surface area contributed by atoms with Crippen molar-refractivity contribution in [3.05, 3.63) is 18.2 Å². The average molecular weight is 262 g/mol. The van der Waals surface area contributed by atoms with E-state index in [9.17, 15) is 8.42 Å². The van der Waals surface area contributed by atoms with Crippen LogP contribution < -0.4 is 15.8 Å². The zero-order valence-electron chi connectivity index (χ0n) is 8.30. The van der Waals surface area contributed by atoms with Crippen LogP contribution in [0.15, 0.2) is 23.1 Å². The highest BCUT2D eigenvalue weighted by Gasteiger charge is 2.16. The lowest BCUT2D eigenvalue weighted by Crippen LogP contribution is -2.20. The van der Waals surface area contributed by atoms with Gasteiger partial charge in [0, 0.05) is 6.07 Å². The summed E-state index contributed by atoms with van der Waals surface area (Å²) in [7, 11) is -2.99. The molecule has 1 aromatic carbocycles. The van der Waals surface area contributed by atoms with Crippen molar-refractivity contribution in [1.29, 1.82) is 0 Å². The first-order chi connectivity index (χ1) is 7.34. The van der Waals surface area contributed by atoms with Crippen LogP contribution in [0, 0.1) is 0 Å². The van der Waals surface area contributed by atoms with Gasteiger partial charge in [0.2, 0.25) is 0 Å². The first-order valence-electron chi connectivity index (χ1n) is 4.06. The second-order valence-corrected chi connectivity index (χ2v) is 4.66. The van der Waals surface area contributed by atoms with Crippen LogP contribution in [0.3, 0.4) is 0 Å². The number of benzene rings is 1. The summed E-state index contributed by atoms with van der Waals surface area (Å²) in [6.07, 6.45) is 0. The van der Waals surface area contributed by atoms with Gasteiger partial charge in [-0.05, 0) is 24.4 Å². The van der Waals surface area contributed by atoms with Crippen molar-refractivity contribution in [1.82, 2.24) is 0 Å². The van der Waals surface area contributed by atoms with Gasteiger partial charge in [-0.25, -0.2) is 0 Å². The van der Waals surface area contributed by atoms with Crippen molar-refractivity contribution in [2.75, 3.05) is 12.4 Å². The van der Waals surface area contributed by atoms with Crippen LogP contribution in [0.5, 0.6) is 5.75 Å². The van der Waals surface area contributed by atoms with Gasteiger partial charge in [0.15, 0.2) is 5.11 Å². The Hall–Kier alpha value is -1.38. The first-order valence-corrected chi connectivity index (χ1v) is 5.91. The second-order valence-electron chi connectivity index (χ2n) is 2.83. The summed E-state index contributed by atoms with van der Waals surface area (Å²) in [5.74, 6) is 0.293. The molecule has 0 fully saturated rings. The van der Waals surface area contributed by atoms with Crippen molar-refractivity contribution in [2.24, 2.45) is 5.73 Å². The van der Waals surface area contributed by atoms with Gasteiger partial charge in [-0.3, -0.25) is 4.55 Å². The van der Waals surface area contributed by atoms with E-state index in [4.69, 9.17) is 15.0 Å². The molecule has 0 saturated heterocycles. The molecule has 1 rings (SSSR count). The molecule has 0 spiro atoms. The number of thiocarbonyl (C=S) groups is 1. The maximum atomic E-state index is 11.1. The molecule has 6 nitrogen and oxygen atoms in total. The van der Waals surface area contributed by atoms with Gasteiger partial charge in [-0.15, -0.1) is 0 Å². The van der Waals surface area contributed by atoms with Gasteiger partial charge in [0.25, 0.3) is 10.1 Å². The summed E-state index contributed by atoms with van der Waals surface area (Å²) < 4.78 is 36.0. The normalized spacial score (nSPS) is 10.9. The maximum Gasteiger partial charge on any atom is 0.296 e. The lowest BCUT2D eigenvalue weighted by atomic mass is 10.3. The average Bonchev–Trinajstić information content (AvgIpc) is 2.15. The zero-order valence-corrected chi connectivity index (χ0v) is 9.93. The quantitative estimate of drug-likeness (QED) is 0.541. The van der Waals surface area contributed by atoms with E-state index in [1.165, 1.54) is 19.2 Å². The molecule has 0 amide bonds. The highest BCUT2D eigenvalue weighted by Crippen LogP contribution is 2.25. The summed E-state index contributed by atoms with van der Waals surface area (Å²) in [6, 6.07) is 4.06. The van der Waals surface area contributed by atoms with Crippen LogP contribution in [-0.4, -0.2) is 25.2 Å². The second kappa shape index (κ2) is 4.64. The minimum Gasteiger partial charge on any atom is -0.497 e. The number of hydrogen-bond donors (Lipinski definition) is 3. The topological polar surface area (TPSA) is 102 Å². The molecule has 0 unspecified atom stereocenters. The monoisotopic (exact) mass is 262 g/mol. The summed E-state index contributed by atoms with van der Waals surface area (Å²) in [4.78, 5) is -0.348. The molecule has 88 valence electrons. The largest absolute Gasteiger partial charge is 0.497 e. The summed E-state index contributed by atoms with van der Waals surface area (Å²) in [6.45, 7) is 0. The number of anilines is 1. The number of ether oxygens (including phenoxy) is 1. The van der Waals surface area contributed by atoms with E-state index in [1.54, 1.807) is 0 Å². The van der Waals surface area contributed by atoms with E-state index in [0.717, 1.165) is 6.07 Å². The molecular weight excluding hydrogens is 252 g/mol. The van der Waals surface area contributed by atoms with E-state index in [1.807, 2.05) is 0 Å². The fourth-order valence-corrected chi connectivity index (χ4v) is 1.85. The lowest BCUT2D eigenvalue weighted by Gasteiger charge is -2.10. The van der Waals surface area contributed by atoms with Crippen molar-refractivity contribution in [3.8, 4) is 5.75 Å². The van der Waals surface area contributed by atoms with Gasteiger partial charge in [-0.2, -0.15) is 8.42 Å². The molecule has 0 bridgehead atoms. The third-order valence-electron chi connectivity index (χ3n) is 1.72. The molecule has 8 heteroatoms. The molecule has 0 aliphatic carbocycles. The Bertz CT molecular complexity index is 513. The van der Waals surface area contributed by atoms with E-state index < -0.39 is 10.1 Å². The number of rotatable bonds is 3. The molecule has 0 aromatic heterocycles. The van der Waals surface area contributed by atoms with Crippen molar-refractivity contribution < 1.29 is 17.7 Å². The van der Waals surface area contributed by atoms with E-state index in [2.05, 4.69) is 17.5 Å². The standard InChI is InChI=1S/C8H10N2O4S2/c1-14-5-2-3-6(10-8(9)15)7(4-5)16(11,12)13/h2-4H,1H3,(H3,9,10,15)(H,11,12,13). The molecule has 4 N–H and O–H groups in total. The van der Waals surface area contributed by atoms with Gasteiger partial charge in [0.05, 0.1) is 12.8 Å². The van der Waals surface area contributed by atoms with Crippen molar-refractivity contribution in [2.45, 2.75) is 4.90 Å². The van der Waals surface area contributed by atoms with Crippen molar-refractivity contribution >= 4 is 33.1 Å². The number of nitrogens with two attached hydrogens (primary N) is 1. The predicted molar refractivity (Wildman–Crippen MR) is 63.2 cm³/mol. The Morgan fingerprint density at radius 3 is 2.62 bits per heavy atom. The number of methoxy groups -OCH3 is 1. The third-order valence-corrected chi connectivity index (χ3v) is 2.72. The summed E-state index contributed by atoms with van der Waals surface area (Å²) in [5, 5.41) is 2.34. The highest BCUT2D eigenvalue weighted by atomic mass is 32.2. The fraction of sp³-hybridized carbons (Fsp3) is 0.125. The number of nitrogens with one attached hydrogen (secondary N) is 1. The van der Waals surface area contributed by atoms with Gasteiger partial charge in [-0.1, -0.05) is 0 Å². The highest BCUT2D eigenvalue weighted by molar-refractivity contribution is 7.86. The maximum absolute atomic E-state index is 11.1. The van der Waals surface area contributed by atoms with Crippen LogP contribution in [0.2, 0.25) is 0 Å². The Balaban J connectivity index is 3.33. The Morgan fingerprint density at radius 1 is 1.56 bits per heavy atom. The van der Waals surface area contributed by atoms with Crippen LogP contribution >= 0.6 is 12.2 Å². The molecule has 0 atom stereocenters. The first kappa shape index (κ1) is 12.7. The molecule has 0 saturated carbocycles. The molecule has 16 heavy (non-hydrogen) atoms. The lowest BCUT2D eigenvalue weighted by molar-refractivity contribution is 0.412. The van der Waals surface area contributed by atoms with Crippen LogP contribution in [0.25, 0.3) is 0 Å². The summed E-state index contributed by atoms with van der Waals surface area (Å²) in [5.41, 5.74) is 5.31. The zero-order chi connectivity index (χ0) is 12.3. The summed E-state index contributed by atoms with van der Waals surface area (Å²) >= 11 is 4.58. The minimum absolute atomic E-state index is 0.0933. The van der Waals surface area contributed by atoms with Crippen LogP contribution in [0.4, 0.5) is 5.69 Å². The molecule has 0 radical (unpaired) electrons. The molecule has 0 aliphatic rings. The number of hydrogen-bond acceptors (Lipinski definition) is 4. The van der Waals surface area contributed by atoms with Gasteiger partial charge in [0.1, 0.15) is 10.6 Å². The van der Waals surface area contributed by atoms with Gasteiger partial charge >= 0.3 is 0 Å². The molecule has 0 aliphatic heterocycles. The third kappa shape index (κ3) is 3.05. The van der Waals surface area contributed by atoms with E-state index in [0.29, 0.717) is 5.75 Å². The van der Waals surface area contributed by atoms with Crippen LogP contribution in [0.1, 0.15) is 0 Å². The Kier molecular flexibility index (Phi) is 3.68. The Morgan fingerprint density at radius 2 is 2.19 bits per heavy atom. The van der Waals surface area contributed by atoms with E-state index in [-0.39, 0.29) is 15.7 Å². The van der Waals surface area contributed by atoms with Crippen molar-refractivity contribution in [3.63, 3.8) is 0 Å².